The maximum atomic E-state index is 12.6. The Morgan fingerprint density at radius 2 is 1.79 bits per heavy atom. The second kappa shape index (κ2) is 5.00. The molecule has 1 aromatic rings. The summed E-state index contributed by atoms with van der Waals surface area (Å²) in [6.45, 7) is 2.08. The van der Waals surface area contributed by atoms with Gasteiger partial charge in [-0.2, -0.15) is 0 Å². The van der Waals surface area contributed by atoms with Gasteiger partial charge in [-0.1, -0.05) is 13.0 Å². The Morgan fingerprint density at radius 1 is 1.16 bits per heavy atom. The predicted molar refractivity (Wildman–Crippen MR) is 82.1 cm³/mol. The van der Waals surface area contributed by atoms with Crippen molar-refractivity contribution < 1.29 is 9.59 Å². The molecule has 0 N–H and O–H groups in total. The maximum absolute atomic E-state index is 12.6. The van der Waals surface area contributed by atoms with Crippen molar-refractivity contribution in [3.63, 3.8) is 0 Å². The van der Waals surface area contributed by atoms with Crippen LogP contribution < -0.4 is 0 Å². The van der Waals surface area contributed by atoms with E-state index in [2.05, 4.69) is 41.6 Å². The average molecular weight is 368 g/mol. The average Bonchev–Trinajstić information content (AvgIpc) is 2.84. The molecule has 0 aromatic heterocycles. The van der Waals surface area contributed by atoms with Crippen LogP contribution in [0, 0.1) is 15.4 Å². The molecule has 100 valence electrons. The third kappa shape index (κ3) is 2.16. The van der Waals surface area contributed by atoms with Crippen molar-refractivity contribution in [2.24, 2.45) is 11.8 Å². The van der Waals surface area contributed by atoms with E-state index in [4.69, 9.17) is 0 Å². The highest BCUT2D eigenvalue weighted by molar-refractivity contribution is 14.1. The van der Waals surface area contributed by atoms with E-state index in [-0.39, 0.29) is 23.4 Å². The van der Waals surface area contributed by atoms with Gasteiger partial charge in [0.15, 0.2) is 11.6 Å². The Morgan fingerprint density at radius 3 is 2.37 bits per heavy atom. The molecule has 0 heterocycles. The lowest BCUT2D eigenvalue weighted by Gasteiger charge is -2.27. The van der Waals surface area contributed by atoms with Crippen LogP contribution in [0.5, 0.6) is 0 Å². The lowest BCUT2D eigenvalue weighted by molar-refractivity contribution is -0.135. The zero-order valence-electron chi connectivity index (χ0n) is 11.0. The van der Waals surface area contributed by atoms with Crippen molar-refractivity contribution in [1.29, 1.82) is 0 Å². The first-order valence-electron chi connectivity index (χ1n) is 6.97. The number of ketones is 2. The molecule has 0 saturated heterocycles. The lowest BCUT2D eigenvalue weighted by Crippen LogP contribution is -2.35. The minimum atomic E-state index is -0.476. The van der Waals surface area contributed by atoms with Gasteiger partial charge >= 0.3 is 0 Å². The topological polar surface area (TPSA) is 34.1 Å². The molecule has 2 saturated carbocycles. The first-order chi connectivity index (χ1) is 9.11. The van der Waals surface area contributed by atoms with Crippen LogP contribution in [0.15, 0.2) is 18.2 Å². The minimum Gasteiger partial charge on any atom is -0.298 e. The van der Waals surface area contributed by atoms with Crippen molar-refractivity contribution in [2.45, 2.75) is 38.5 Å². The highest BCUT2D eigenvalue weighted by Gasteiger charge is 2.47. The number of benzene rings is 1. The van der Waals surface area contributed by atoms with Crippen molar-refractivity contribution in [3.05, 3.63) is 32.9 Å². The molecule has 2 fully saturated rings. The normalized spacial score (nSPS) is 29.9. The Labute approximate surface area is 127 Å². The lowest BCUT2D eigenvalue weighted by atomic mass is 9.74. The van der Waals surface area contributed by atoms with Crippen LogP contribution in [0.2, 0.25) is 0 Å². The Balaban J connectivity index is 2.08. The number of rotatable bonds is 2. The summed E-state index contributed by atoms with van der Waals surface area (Å²) in [5, 5.41) is 0. The maximum Gasteiger partial charge on any atom is 0.150 e. The van der Waals surface area contributed by atoms with Gasteiger partial charge in [0.25, 0.3) is 0 Å². The molecule has 1 aromatic carbocycles. The van der Waals surface area contributed by atoms with Crippen LogP contribution in [0.25, 0.3) is 0 Å². The zero-order valence-corrected chi connectivity index (χ0v) is 13.1. The summed E-state index contributed by atoms with van der Waals surface area (Å²) in [6.07, 6.45) is 3.51. The molecule has 0 radical (unpaired) electrons. The molecular weight excluding hydrogens is 351 g/mol. The van der Waals surface area contributed by atoms with Crippen LogP contribution in [0.1, 0.15) is 43.2 Å². The van der Waals surface area contributed by atoms with Gasteiger partial charge in [-0.3, -0.25) is 9.59 Å². The monoisotopic (exact) mass is 368 g/mol. The van der Waals surface area contributed by atoms with E-state index < -0.39 is 5.92 Å². The number of fused-ring (bicyclic) bond motifs is 2. The SMILES string of the molecule is CCc1ccc(I)cc1C1C(=O)[C@@H]2CC[C@@H](C2)C1=O. The summed E-state index contributed by atoms with van der Waals surface area (Å²) < 4.78 is 1.10. The van der Waals surface area contributed by atoms with E-state index in [1.165, 1.54) is 0 Å². The number of carbonyl (C=O) groups excluding carboxylic acids is 2. The van der Waals surface area contributed by atoms with Gasteiger partial charge in [0.1, 0.15) is 5.92 Å². The van der Waals surface area contributed by atoms with E-state index in [1.54, 1.807) is 0 Å². The second-order valence-electron chi connectivity index (χ2n) is 5.64. The number of carbonyl (C=O) groups is 2. The number of hydrogen-bond donors (Lipinski definition) is 0. The molecular formula is C16H17IO2. The summed E-state index contributed by atoms with van der Waals surface area (Å²) in [5.41, 5.74) is 2.12. The highest BCUT2D eigenvalue weighted by Crippen LogP contribution is 2.44. The molecule has 2 aliphatic rings. The molecule has 3 rings (SSSR count). The summed E-state index contributed by atoms with van der Waals surface area (Å²) >= 11 is 2.25. The summed E-state index contributed by atoms with van der Waals surface area (Å²) in [4.78, 5) is 25.1. The predicted octanol–water partition coefficient (Wildman–Crippen LogP) is 3.51. The molecule has 0 aliphatic heterocycles. The van der Waals surface area contributed by atoms with Gasteiger partial charge in [0, 0.05) is 15.4 Å². The van der Waals surface area contributed by atoms with E-state index in [9.17, 15) is 9.59 Å². The summed E-state index contributed by atoms with van der Waals surface area (Å²) in [7, 11) is 0. The number of aryl methyl sites for hydroxylation is 1. The van der Waals surface area contributed by atoms with E-state index >= 15 is 0 Å². The summed E-state index contributed by atoms with van der Waals surface area (Å²) in [5.74, 6) is 0.146. The van der Waals surface area contributed by atoms with Crippen molar-refractivity contribution in [1.82, 2.24) is 0 Å². The fourth-order valence-electron chi connectivity index (χ4n) is 3.57. The van der Waals surface area contributed by atoms with Gasteiger partial charge in [-0.05, 0) is 71.5 Å². The largest absolute Gasteiger partial charge is 0.298 e. The molecule has 3 atom stereocenters. The standard InChI is InChI=1S/C16H17IO2/c1-2-9-5-6-12(17)8-13(9)14-15(18)10-3-4-11(7-10)16(14)19/h5-6,8,10-11,14H,2-4,7H2,1H3/t10-,11+,14?. The van der Waals surface area contributed by atoms with Crippen LogP contribution >= 0.6 is 22.6 Å². The van der Waals surface area contributed by atoms with Crippen LogP contribution in [0.3, 0.4) is 0 Å². The first kappa shape index (κ1) is 13.3. The fraction of sp³-hybridized carbons (Fsp3) is 0.500. The molecule has 3 heteroatoms. The first-order valence-corrected chi connectivity index (χ1v) is 8.05. The van der Waals surface area contributed by atoms with E-state index in [0.29, 0.717) is 0 Å². The third-order valence-corrected chi connectivity index (χ3v) is 5.28. The Bertz CT molecular complexity index is 528. The third-order valence-electron chi connectivity index (χ3n) is 4.61. The fourth-order valence-corrected chi connectivity index (χ4v) is 4.09. The van der Waals surface area contributed by atoms with Crippen LogP contribution in [-0.4, -0.2) is 11.6 Å². The molecule has 1 unspecified atom stereocenters. The second-order valence-corrected chi connectivity index (χ2v) is 6.89. The van der Waals surface area contributed by atoms with Crippen molar-refractivity contribution >= 4 is 34.2 Å². The van der Waals surface area contributed by atoms with Crippen LogP contribution in [-0.2, 0) is 16.0 Å². The molecule has 2 nitrogen and oxygen atoms in total. The van der Waals surface area contributed by atoms with E-state index in [0.717, 1.165) is 40.4 Å². The number of halogens is 1. The molecule has 2 aliphatic carbocycles. The van der Waals surface area contributed by atoms with Gasteiger partial charge in [-0.15, -0.1) is 0 Å². The minimum absolute atomic E-state index is 0.135. The molecule has 2 bridgehead atoms. The van der Waals surface area contributed by atoms with Crippen molar-refractivity contribution in [3.8, 4) is 0 Å². The van der Waals surface area contributed by atoms with Crippen molar-refractivity contribution in [2.75, 3.05) is 0 Å². The smallest absolute Gasteiger partial charge is 0.150 e. The number of Topliss-reactive ketones (excluding diaryl/α,β-unsaturated/α-hetero) is 2. The van der Waals surface area contributed by atoms with Crippen LogP contribution in [0.4, 0.5) is 0 Å². The Hall–Kier alpha value is -0.710. The molecule has 0 spiro atoms. The summed E-state index contributed by atoms with van der Waals surface area (Å²) in [6, 6.07) is 6.15. The highest BCUT2D eigenvalue weighted by atomic mass is 127. The van der Waals surface area contributed by atoms with Gasteiger partial charge in [0.2, 0.25) is 0 Å². The zero-order chi connectivity index (χ0) is 13.6. The number of hydrogen-bond acceptors (Lipinski definition) is 2. The van der Waals surface area contributed by atoms with Gasteiger partial charge < -0.3 is 0 Å². The van der Waals surface area contributed by atoms with Gasteiger partial charge in [0.05, 0.1) is 0 Å². The van der Waals surface area contributed by atoms with Gasteiger partial charge in [-0.25, -0.2) is 0 Å². The van der Waals surface area contributed by atoms with E-state index in [1.807, 2.05) is 6.07 Å². The molecule has 0 amide bonds. The Kier molecular flexibility index (Phi) is 3.50. The molecule has 19 heavy (non-hydrogen) atoms. The quantitative estimate of drug-likeness (QED) is 0.592.